The summed E-state index contributed by atoms with van der Waals surface area (Å²) in [5.74, 6) is 0.769. The van der Waals surface area contributed by atoms with Gasteiger partial charge in [0.25, 0.3) is 0 Å². The van der Waals surface area contributed by atoms with Gasteiger partial charge in [0.1, 0.15) is 0 Å². The number of nitrogens with zero attached hydrogens (tertiary/aromatic N) is 1. The predicted octanol–water partition coefficient (Wildman–Crippen LogP) is 2.94. The van der Waals surface area contributed by atoms with Crippen LogP contribution in [0.3, 0.4) is 0 Å². The first-order valence-electron chi connectivity index (χ1n) is 8.83. The molecule has 3 rings (SSSR count). The second-order valence-corrected chi connectivity index (χ2v) is 7.45. The van der Waals surface area contributed by atoms with Gasteiger partial charge in [-0.2, -0.15) is 0 Å². The molecule has 1 aromatic rings. The van der Waals surface area contributed by atoms with Gasteiger partial charge in [-0.3, -0.25) is 0 Å². The van der Waals surface area contributed by atoms with E-state index in [4.69, 9.17) is 9.47 Å². The lowest BCUT2D eigenvalue weighted by molar-refractivity contribution is -0.153. The van der Waals surface area contributed by atoms with Gasteiger partial charge in [-0.1, -0.05) is 6.07 Å². The fraction of sp³-hybridized carbons (Fsp3) is 0.600. The Kier molecular flexibility index (Phi) is 4.50. The normalized spacial score (nSPS) is 32.4. The summed E-state index contributed by atoms with van der Waals surface area (Å²) in [7, 11) is 5.55. The van der Waals surface area contributed by atoms with Gasteiger partial charge in [-0.15, -0.1) is 0 Å². The smallest absolute Gasteiger partial charge is 0.161 e. The zero-order valence-corrected chi connectivity index (χ0v) is 15.8. The molecular formula is C20H29NO4. The molecule has 0 amide bonds. The van der Waals surface area contributed by atoms with Crippen LogP contribution in [0.4, 0.5) is 0 Å². The van der Waals surface area contributed by atoms with E-state index < -0.39 is 11.0 Å². The molecule has 0 spiro atoms. The van der Waals surface area contributed by atoms with Crippen molar-refractivity contribution in [1.82, 2.24) is 4.90 Å². The molecule has 1 fully saturated rings. The van der Waals surface area contributed by atoms with Crippen LogP contribution in [0, 0.1) is 0 Å². The highest BCUT2D eigenvalue weighted by Gasteiger charge is 2.62. The zero-order valence-electron chi connectivity index (χ0n) is 15.8. The highest BCUT2D eigenvalue weighted by molar-refractivity contribution is 5.57. The molecule has 25 heavy (non-hydrogen) atoms. The lowest BCUT2D eigenvalue weighted by Crippen LogP contribution is -2.70. The number of likely N-dealkylation sites (N-methyl/N-ethyl adjacent to an activating group) is 1. The molecule has 2 N–H and O–H groups in total. The maximum absolute atomic E-state index is 10.8. The Morgan fingerprint density at radius 1 is 1.36 bits per heavy atom. The van der Waals surface area contributed by atoms with Crippen LogP contribution < -0.4 is 0 Å². The lowest BCUT2D eigenvalue weighted by Gasteiger charge is -2.61. The molecular weight excluding hydrogens is 318 g/mol. The molecule has 0 aromatic heterocycles. The second-order valence-electron chi connectivity index (χ2n) is 7.45. The minimum Gasteiger partial charge on any atom is -0.504 e. The number of hydrogen-bond donors (Lipinski definition) is 2. The molecule has 5 nitrogen and oxygen atoms in total. The number of methoxy groups -OCH3 is 2. The van der Waals surface area contributed by atoms with E-state index in [2.05, 4.69) is 18.9 Å². The van der Waals surface area contributed by atoms with Crippen molar-refractivity contribution in [2.24, 2.45) is 0 Å². The number of phenolic OH excluding ortho intramolecular Hbond substituents is 2. The maximum Gasteiger partial charge on any atom is 0.161 e. The number of phenols is 2. The Morgan fingerprint density at radius 2 is 2.08 bits per heavy atom. The number of ether oxygens (including phenoxy) is 2. The van der Waals surface area contributed by atoms with E-state index in [0.29, 0.717) is 6.42 Å². The molecule has 1 saturated heterocycles. The van der Waals surface area contributed by atoms with Crippen LogP contribution in [0.5, 0.6) is 11.5 Å². The highest BCUT2D eigenvalue weighted by Crippen LogP contribution is 2.58. The molecule has 2 bridgehead atoms. The maximum atomic E-state index is 10.8. The van der Waals surface area contributed by atoms with E-state index in [9.17, 15) is 10.2 Å². The van der Waals surface area contributed by atoms with E-state index >= 15 is 0 Å². The number of rotatable bonds is 4. The Morgan fingerprint density at radius 3 is 2.68 bits per heavy atom. The van der Waals surface area contributed by atoms with Crippen molar-refractivity contribution in [3.8, 4) is 11.5 Å². The first-order valence-corrected chi connectivity index (χ1v) is 8.83. The predicted molar refractivity (Wildman–Crippen MR) is 97.0 cm³/mol. The van der Waals surface area contributed by atoms with Crippen LogP contribution in [-0.4, -0.2) is 54.6 Å². The molecule has 1 heterocycles. The summed E-state index contributed by atoms with van der Waals surface area (Å²) in [4.78, 5) is 2.34. The van der Waals surface area contributed by atoms with Gasteiger partial charge in [-0.25, -0.2) is 0 Å². The topological polar surface area (TPSA) is 62.2 Å². The van der Waals surface area contributed by atoms with Crippen LogP contribution in [0.1, 0.15) is 37.8 Å². The number of hydrogen-bond acceptors (Lipinski definition) is 5. The third-order valence-corrected chi connectivity index (χ3v) is 6.63. The number of likely N-dealkylation sites (tertiary alicyclic amines) is 1. The number of fused-ring (bicyclic) bond motifs is 4. The first kappa shape index (κ1) is 18.1. The monoisotopic (exact) mass is 347 g/mol. The summed E-state index contributed by atoms with van der Waals surface area (Å²) in [5, 5.41) is 21.0. The lowest BCUT2D eigenvalue weighted by atomic mass is 9.53. The summed E-state index contributed by atoms with van der Waals surface area (Å²) in [6.07, 6.45) is 4.18. The van der Waals surface area contributed by atoms with Crippen molar-refractivity contribution in [3.63, 3.8) is 0 Å². The van der Waals surface area contributed by atoms with Crippen LogP contribution in [0.25, 0.3) is 0 Å². The standard InChI is InChI=1S/C20H29NO4/c1-6-14(24-4)12-20-9-10-21(3)16(19(20,2)25-5)11-13-7-8-15(22)18(23)17(13)20/h6-8,16,22-23H,9-12H2,1-5H3/b14-6+. The van der Waals surface area contributed by atoms with Gasteiger partial charge in [0.2, 0.25) is 0 Å². The Hall–Kier alpha value is -1.72. The number of piperidine rings is 1. The minimum absolute atomic E-state index is 0.0182. The summed E-state index contributed by atoms with van der Waals surface area (Å²) in [6, 6.07) is 3.71. The van der Waals surface area contributed by atoms with Crippen LogP contribution in [0.15, 0.2) is 24.0 Å². The van der Waals surface area contributed by atoms with Crippen molar-refractivity contribution in [2.75, 3.05) is 27.8 Å². The first-order chi connectivity index (χ1) is 11.8. The van der Waals surface area contributed by atoms with Crippen LogP contribution >= 0.6 is 0 Å². The fourth-order valence-corrected chi connectivity index (χ4v) is 5.04. The molecule has 0 saturated carbocycles. The van der Waals surface area contributed by atoms with Gasteiger partial charge in [0.15, 0.2) is 11.5 Å². The quantitative estimate of drug-likeness (QED) is 0.648. The van der Waals surface area contributed by atoms with E-state index in [0.717, 1.165) is 36.3 Å². The van der Waals surface area contributed by atoms with E-state index in [-0.39, 0.29) is 17.5 Å². The van der Waals surface area contributed by atoms with Crippen molar-refractivity contribution in [3.05, 3.63) is 35.1 Å². The molecule has 1 aliphatic carbocycles. The van der Waals surface area contributed by atoms with Gasteiger partial charge in [0, 0.05) is 30.6 Å². The fourth-order valence-electron chi connectivity index (χ4n) is 5.04. The molecule has 1 aromatic carbocycles. The van der Waals surface area contributed by atoms with E-state index in [1.165, 1.54) is 0 Å². The number of allylic oxidation sites excluding steroid dienone is 2. The second kappa shape index (κ2) is 6.22. The molecule has 3 atom stereocenters. The summed E-state index contributed by atoms with van der Waals surface area (Å²) >= 11 is 0. The third kappa shape index (κ3) is 2.36. The van der Waals surface area contributed by atoms with Gasteiger partial charge in [-0.05, 0) is 58.0 Å². The van der Waals surface area contributed by atoms with Crippen molar-refractivity contribution in [2.45, 2.75) is 50.2 Å². The average molecular weight is 347 g/mol. The Bertz CT molecular complexity index is 701. The van der Waals surface area contributed by atoms with Crippen LogP contribution in [0.2, 0.25) is 0 Å². The summed E-state index contributed by atoms with van der Waals surface area (Å²) in [5.41, 5.74) is 0.920. The van der Waals surface area contributed by atoms with E-state index in [1.807, 2.05) is 19.1 Å². The molecule has 0 radical (unpaired) electrons. The Balaban J connectivity index is 2.30. The molecule has 1 aliphatic heterocycles. The summed E-state index contributed by atoms with van der Waals surface area (Å²) < 4.78 is 11.7. The molecule has 5 heteroatoms. The molecule has 138 valence electrons. The van der Waals surface area contributed by atoms with Gasteiger partial charge >= 0.3 is 0 Å². The number of benzene rings is 1. The third-order valence-electron chi connectivity index (χ3n) is 6.63. The van der Waals surface area contributed by atoms with Gasteiger partial charge in [0.05, 0.1) is 18.5 Å². The SMILES string of the molecule is C/C=C(\CC12CCN(C)C(Cc3ccc(O)c(O)c31)C2(C)OC)OC. The Labute approximate surface area is 149 Å². The molecule has 2 aliphatic rings. The molecule has 3 unspecified atom stereocenters. The van der Waals surface area contributed by atoms with E-state index in [1.54, 1.807) is 20.3 Å². The number of aromatic hydroxyl groups is 2. The van der Waals surface area contributed by atoms with Crippen molar-refractivity contribution < 1.29 is 19.7 Å². The zero-order chi connectivity index (χ0) is 18.4. The van der Waals surface area contributed by atoms with Crippen molar-refractivity contribution >= 4 is 0 Å². The summed E-state index contributed by atoms with van der Waals surface area (Å²) in [6.45, 7) is 4.99. The van der Waals surface area contributed by atoms with Crippen molar-refractivity contribution in [1.29, 1.82) is 0 Å². The largest absolute Gasteiger partial charge is 0.504 e. The minimum atomic E-state index is -0.509. The van der Waals surface area contributed by atoms with Gasteiger partial charge < -0.3 is 24.6 Å². The highest BCUT2D eigenvalue weighted by atomic mass is 16.5. The average Bonchev–Trinajstić information content (AvgIpc) is 2.61. The van der Waals surface area contributed by atoms with Crippen LogP contribution in [-0.2, 0) is 21.3 Å².